The maximum absolute atomic E-state index is 9.83. The summed E-state index contributed by atoms with van der Waals surface area (Å²) in [6.45, 7) is 6.21. The first-order chi connectivity index (χ1) is 6.07. The van der Waals surface area contributed by atoms with Gasteiger partial charge < -0.3 is 5.11 Å². The molecule has 0 radical (unpaired) electrons. The molecule has 0 saturated heterocycles. The second-order valence-corrected chi connectivity index (χ2v) is 3.71. The summed E-state index contributed by atoms with van der Waals surface area (Å²) in [5.41, 5.74) is 1.76. The number of aryl methyl sites for hydroxylation is 2. The summed E-state index contributed by atoms with van der Waals surface area (Å²) in [6, 6.07) is 0. The van der Waals surface area contributed by atoms with Crippen LogP contribution in [-0.4, -0.2) is 14.9 Å². The summed E-state index contributed by atoms with van der Waals surface area (Å²) in [5.74, 6) is 0.711. The smallest absolute Gasteiger partial charge is 0.160 e. The fourth-order valence-corrected chi connectivity index (χ4v) is 1.64. The topological polar surface area (TPSA) is 38.0 Å². The Balaban J connectivity index is 3.07. The van der Waals surface area contributed by atoms with Gasteiger partial charge in [-0.1, -0.05) is 27.2 Å². The van der Waals surface area contributed by atoms with Crippen LogP contribution in [-0.2, 0) is 13.5 Å². The van der Waals surface area contributed by atoms with Crippen molar-refractivity contribution in [1.29, 1.82) is 0 Å². The molecule has 74 valence electrons. The molecule has 13 heavy (non-hydrogen) atoms. The number of aromatic hydroxyl groups is 1. The molecule has 0 fully saturated rings. The van der Waals surface area contributed by atoms with E-state index in [9.17, 15) is 5.11 Å². The SMILES string of the molecule is CCCc1nn(C)c(C(C)C)c1O. The number of hydrogen-bond acceptors (Lipinski definition) is 2. The van der Waals surface area contributed by atoms with Crippen LogP contribution in [0.5, 0.6) is 5.75 Å². The Morgan fingerprint density at radius 2 is 2.08 bits per heavy atom. The van der Waals surface area contributed by atoms with Gasteiger partial charge in [0.2, 0.25) is 0 Å². The lowest BCUT2D eigenvalue weighted by molar-refractivity contribution is 0.455. The average molecular weight is 182 g/mol. The van der Waals surface area contributed by atoms with E-state index in [0.29, 0.717) is 11.7 Å². The highest BCUT2D eigenvalue weighted by atomic mass is 16.3. The van der Waals surface area contributed by atoms with Gasteiger partial charge in [-0.15, -0.1) is 0 Å². The summed E-state index contributed by atoms with van der Waals surface area (Å²) in [5, 5.41) is 14.1. The van der Waals surface area contributed by atoms with Crippen LogP contribution < -0.4 is 0 Å². The maximum Gasteiger partial charge on any atom is 0.160 e. The first-order valence-electron chi connectivity index (χ1n) is 4.82. The molecule has 3 nitrogen and oxygen atoms in total. The highest BCUT2D eigenvalue weighted by molar-refractivity contribution is 5.34. The van der Waals surface area contributed by atoms with E-state index in [1.54, 1.807) is 4.68 Å². The second kappa shape index (κ2) is 3.81. The lowest BCUT2D eigenvalue weighted by Gasteiger charge is -2.04. The molecule has 1 heterocycles. The Morgan fingerprint density at radius 1 is 1.46 bits per heavy atom. The third-order valence-corrected chi connectivity index (χ3v) is 2.17. The van der Waals surface area contributed by atoms with Crippen molar-refractivity contribution in [2.75, 3.05) is 0 Å². The van der Waals surface area contributed by atoms with Crippen LogP contribution in [0.2, 0.25) is 0 Å². The second-order valence-electron chi connectivity index (χ2n) is 3.71. The van der Waals surface area contributed by atoms with E-state index in [1.165, 1.54) is 0 Å². The van der Waals surface area contributed by atoms with Gasteiger partial charge in [-0.2, -0.15) is 5.10 Å². The van der Waals surface area contributed by atoms with Gasteiger partial charge >= 0.3 is 0 Å². The minimum Gasteiger partial charge on any atom is -0.504 e. The predicted octanol–water partition coefficient (Wildman–Crippen LogP) is 2.20. The molecule has 1 aromatic rings. The van der Waals surface area contributed by atoms with E-state index in [4.69, 9.17) is 0 Å². The molecule has 3 heteroatoms. The van der Waals surface area contributed by atoms with Crippen molar-refractivity contribution in [3.63, 3.8) is 0 Å². The van der Waals surface area contributed by atoms with Crippen molar-refractivity contribution in [1.82, 2.24) is 9.78 Å². The predicted molar refractivity (Wildman–Crippen MR) is 53.0 cm³/mol. The number of rotatable bonds is 3. The van der Waals surface area contributed by atoms with E-state index in [2.05, 4.69) is 25.9 Å². The van der Waals surface area contributed by atoms with E-state index >= 15 is 0 Å². The summed E-state index contributed by atoms with van der Waals surface area (Å²) < 4.78 is 1.78. The van der Waals surface area contributed by atoms with Crippen molar-refractivity contribution in [3.8, 4) is 5.75 Å². The largest absolute Gasteiger partial charge is 0.504 e. The number of aromatic nitrogens is 2. The highest BCUT2D eigenvalue weighted by Crippen LogP contribution is 2.28. The van der Waals surface area contributed by atoms with Crippen molar-refractivity contribution in [3.05, 3.63) is 11.4 Å². The third-order valence-electron chi connectivity index (χ3n) is 2.17. The Kier molecular flexibility index (Phi) is 2.96. The number of nitrogens with zero attached hydrogens (tertiary/aromatic N) is 2. The van der Waals surface area contributed by atoms with Crippen LogP contribution in [0.3, 0.4) is 0 Å². The maximum atomic E-state index is 9.83. The van der Waals surface area contributed by atoms with Crippen molar-refractivity contribution in [2.45, 2.75) is 39.5 Å². The first-order valence-corrected chi connectivity index (χ1v) is 4.82. The van der Waals surface area contributed by atoms with Gasteiger partial charge in [0.05, 0.1) is 5.69 Å². The first kappa shape index (κ1) is 10.1. The lowest BCUT2D eigenvalue weighted by atomic mass is 10.1. The van der Waals surface area contributed by atoms with Crippen LogP contribution >= 0.6 is 0 Å². The van der Waals surface area contributed by atoms with Gasteiger partial charge in [-0.3, -0.25) is 4.68 Å². The molecule has 0 unspecified atom stereocenters. The molecule has 0 aliphatic heterocycles. The number of hydrogen-bond donors (Lipinski definition) is 1. The molecule has 0 spiro atoms. The standard InChI is InChI=1S/C10H18N2O/c1-5-6-8-10(13)9(7(2)3)12(4)11-8/h7,13H,5-6H2,1-4H3. The zero-order valence-electron chi connectivity index (χ0n) is 8.83. The lowest BCUT2D eigenvalue weighted by Crippen LogP contribution is -1.99. The van der Waals surface area contributed by atoms with Gasteiger partial charge in [0, 0.05) is 7.05 Å². The van der Waals surface area contributed by atoms with Gasteiger partial charge in [0.25, 0.3) is 0 Å². The summed E-state index contributed by atoms with van der Waals surface area (Å²) in [6.07, 6.45) is 1.87. The van der Waals surface area contributed by atoms with E-state index in [-0.39, 0.29) is 0 Å². The molecule has 1 rings (SSSR count). The molecule has 1 aromatic heterocycles. The molecule has 0 saturated carbocycles. The summed E-state index contributed by atoms with van der Waals surface area (Å²) in [4.78, 5) is 0. The molecule has 0 bridgehead atoms. The highest BCUT2D eigenvalue weighted by Gasteiger charge is 2.16. The van der Waals surface area contributed by atoms with Crippen molar-refractivity contribution in [2.24, 2.45) is 7.05 Å². The quantitative estimate of drug-likeness (QED) is 0.778. The molecule has 0 amide bonds. The summed E-state index contributed by atoms with van der Waals surface area (Å²) in [7, 11) is 1.88. The van der Waals surface area contributed by atoms with Crippen LogP contribution in [0.25, 0.3) is 0 Å². The molecule has 0 aromatic carbocycles. The molecule has 0 aliphatic rings. The summed E-state index contributed by atoms with van der Waals surface area (Å²) >= 11 is 0. The van der Waals surface area contributed by atoms with E-state index in [0.717, 1.165) is 24.2 Å². The van der Waals surface area contributed by atoms with Gasteiger partial charge in [0.1, 0.15) is 5.69 Å². The van der Waals surface area contributed by atoms with Crippen LogP contribution in [0, 0.1) is 0 Å². The Bertz CT molecular complexity index is 289. The van der Waals surface area contributed by atoms with Crippen LogP contribution in [0.15, 0.2) is 0 Å². The van der Waals surface area contributed by atoms with Crippen molar-refractivity contribution >= 4 is 0 Å². The fraction of sp³-hybridized carbons (Fsp3) is 0.700. The average Bonchev–Trinajstić information content (AvgIpc) is 2.28. The molecular weight excluding hydrogens is 164 g/mol. The third kappa shape index (κ3) is 1.85. The monoisotopic (exact) mass is 182 g/mol. The minimum absolute atomic E-state index is 0.322. The van der Waals surface area contributed by atoms with Crippen molar-refractivity contribution < 1.29 is 5.11 Å². The van der Waals surface area contributed by atoms with Gasteiger partial charge in [-0.25, -0.2) is 0 Å². The molecular formula is C10H18N2O. The van der Waals surface area contributed by atoms with E-state index < -0.39 is 0 Å². The van der Waals surface area contributed by atoms with E-state index in [1.807, 2.05) is 7.05 Å². The Hall–Kier alpha value is -0.990. The zero-order chi connectivity index (χ0) is 10.0. The van der Waals surface area contributed by atoms with Gasteiger partial charge in [-0.05, 0) is 12.3 Å². The molecule has 0 aliphatic carbocycles. The zero-order valence-corrected chi connectivity index (χ0v) is 8.83. The van der Waals surface area contributed by atoms with Gasteiger partial charge in [0.15, 0.2) is 5.75 Å². The minimum atomic E-state index is 0.322. The Labute approximate surface area is 79.4 Å². The molecule has 1 N–H and O–H groups in total. The van der Waals surface area contributed by atoms with Crippen LogP contribution in [0.1, 0.15) is 44.5 Å². The fourth-order valence-electron chi connectivity index (χ4n) is 1.64. The normalized spacial score (nSPS) is 11.2. The van der Waals surface area contributed by atoms with Crippen LogP contribution in [0.4, 0.5) is 0 Å². The Morgan fingerprint density at radius 3 is 2.46 bits per heavy atom. The molecule has 0 atom stereocenters.